The summed E-state index contributed by atoms with van der Waals surface area (Å²) >= 11 is 11.8. The maximum absolute atomic E-state index is 13.4. The molecule has 2 aromatic carbocycles. The van der Waals surface area contributed by atoms with Crippen LogP contribution in [0.5, 0.6) is 5.75 Å². The molecular weight excluding hydrogens is 300 g/mol. The number of para-hydroxylation sites is 1. The first-order valence-electron chi connectivity index (χ1n) is 6.10. The lowest BCUT2D eigenvalue weighted by Gasteiger charge is -2.13. The van der Waals surface area contributed by atoms with Crippen LogP contribution in [0, 0.1) is 5.82 Å². The summed E-state index contributed by atoms with van der Waals surface area (Å²) in [7, 11) is 1.85. The van der Waals surface area contributed by atoms with Gasteiger partial charge in [-0.15, -0.1) is 0 Å². The molecule has 0 amide bonds. The average Bonchev–Trinajstić information content (AvgIpc) is 2.42. The van der Waals surface area contributed by atoms with Gasteiger partial charge in [0.1, 0.15) is 18.2 Å². The molecule has 0 aliphatic carbocycles. The van der Waals surface area contributed by atoms with E-state index in [1.807, 2.05) is 19.2 Å². The Morgan fingerprint density at radius 3 is 2.65 bits per heavy atom. The van der Waals surface area contributed by atoms with Crippen molar-refractivity contribution in [1.82, 2.24) is 5.32 Å². The maximum atomic E-state index is 13.4. The third-order valence-corrected chi connectivity index (χ3v) is 3.39. The van der Waals surface area contributed by atoms with Crippen LogP contribution in [0.1, 0.15) is 11.1 Å². The Morgan fingerprint density at radius 2 is 1.95 bits per heavy atom. The zero-order valence-electron chi connectivity index (χ0n) is 10.9. The number of halogens is 3. The molecule has 106 valence electrons. The minimum absolute atomic E-state index is 0.0994. The number of rotatable bonds is 5. The number of nitrogens with one attached hydrogen (secondary N) is 1. The molecule has 0 heterocycles. The van der Waals surface area contributed by atoms with Gasteiger partial charge in [-0.25, -0.2) is 4.39 Å². The van der Waals surface area contributed by atoms with Crippen molar-refractivity contribution in [3.8, 4) is 5.75 Å². The van der Waals surface area contributed by atoms with Crippen molar-refractivity contribution >= 4 is 23.2 Å². The SMILES string of the molecule is CNCc1cccc(Cl)c1OCc1ccc(Cl)c(F)c1. The Labute approximate surface area is 127 Å². The van der Waals surface area contributed by atoms with Gasteiger partial charge in [-0.05, 0) is 30.8 Å². The van der Waals surface area contributed by atoms with E-state index in [1.165, 1.54) is 12.1 Å². The predicted molar refractivity (Wildman–Crippen MR) is 80.0 cm³/mol. The van der Waals surface area contributed by atoms with Crippen LogP contribution in [0.4, 0.5) is 4.39 Å². The highest BCUT2D eigenvalue weighted by Gasteiger charge is 2.09. The van der Waals surface area contributed by atoms with Crippen LogP contribution in [0.15, 0.2) is 36.4 Å². The summed E-state index contributed by atoms with van der Waals surface area (Å²) in [4.78, 5) is 0. The van der Waals surface area contributed by atoms with E-state index in [-0.39, 0.29) is 11.6 Å². The van der Waals surface area contributed by atoms with Crippen LogP contribution in [0.25, 0.3) is 0 Å². The van der Waals surface area contributed by atoms with Gasteiger partial charge in [0, 0.05) is 12.1 Å². The summed E-state index contributed by atoms with van der Waals surface area (Å²) in [5, 5.41) is 3.68. The highest BCUT2D eigenvalue weighted by molar-refractivity contribution is 6.32. The average molecular weight is 314 g/mol. The van der Waals surface area contributed by atoms with Crippen LogP contribution >= 0.6 is 23.2 Å². The van der Waals surface area contributed by atoms with Gasteiger partial charge in [-0.2, -0.15) is 0 Å². The van der Waals surface area contributed by atoms with Crippen LogP contribution in [-0.2, 0) is 13.2 Å². The topological polar surface area (TPSA) is 21.3 Å². The van der Waals surface area contributed by atoms with E-state index >= 15 is 0 Å². The Bertz CT molecular complexity index is 604. The van der Waals surface area contributed by atoms with Crippen molar-refractivity contribution in [3.05, 3.63) is 63.4 Å². The third-order valence-electron chi connectivity index (χ3n) is 2.78. The van der Waals surface area contributed by atoms with Gasteiger partial charge < -0.3 is 10.1 Å². The normalized spacial score (nSPS) is 10.6. The number of ether oxygens (including phenoxy) is 1. The quantitative estimate of drug-likeness (QED) is 0.881. The Balaban J connectivity index is 2.15. The molecule has 0 bridgehead atoms. The van der Waals surface area contributed by atoms with Gasteiger partial charge in [-0.3, -0.25) is 0 Å². The molecule has 0 radical (unpaired) electrons. The molecule has 1 N–H and O–H groups in total. The summed E-state index contributed by atoms with van der Waals surface area (Å²) in [6.07, 6.45) is 0. The highest BCUT2D eigenvalue weighted by atomic mass is 35.5. The van der Waals surface area contributed by atoms with E-state index in [0.29, 0.717) is 22.9 Å². The number of benzene rings is 2. The molecule has 0 atom stereocenters. The molecular formula is C15H14Cl2FNO. The summed E-state index contributed by atoms with van der Waals surface area (Å²) in [6, 6.07) is 10.1. The van der Waals surface area contributed by atoms with Crippen LogP contribution < -0.4 is 10.1 Å². The molecule has 0 saturated heterocycles. The standard InChI is InChI=1S/C15H14Cl2FNO/c1-19-8-11-3-2-4-13(17)15(11)20-9-10-5-6-12(16)14(18)7-10/h2-7,19H,8-9H2,1H3. The van der Waals surface area contributed by atoms with Crippen molar-refractivity contribution in [2.45, 2.75) is 13.2 Å². The van der Waals surface area contributed by atoms with Crippen LogP contribution in [-0.4, -0.2) is 7.05 Å². The van der Waals surface area contributed by atoms with Crippen molar-refractivity contribution in [2.24, 2.45) is 0 Å². The number of hydrogen-bond acceptors (Lipinski definition) is 2. The van der Waals surface area contributed by atoms with Gasteiger partial charge in [0.05, 0.1) is 10.0 Å². The summed E-state index contributed by atoms with van der Waals surface area (Å²) < 4.78 is 19.1. The van der Waals surface area contributed by atoms with E-state index in [2.05, 4.69) is 5.32 Å². The molecule has 0 aliphatic heterocycles. The molecule has 2 aromatic rings. The zero-order valence-corrected chi connectivity index (χ0v) is 12.4. The third kappa shape index (κ3) is 3.63. The van der Waals surface area contributed by atoms with Crippen molar-refractivity contribution in [1.29, 1.82) is 0 Å². The van der Waals surface area contributed by atoms with Gasteiger partial charge >= 0.3 is 0 Å². The van der Waals surface area contributed by atoms with Crippen molar-refractivity contribution < 1.29 is 9.13 Å². The minimum atomic E-state index is -0.456. The molecule has 0 aromatic heterocycles. The molecule has 0 fully saturated rings. The van der Waals surface area contributed by atoms with E-state index in [0.717, 1.165) is 5.56 Å². The first kappa shape index (κ1) is 15.1. The Morgan fingerprint density at radius 1 is 1.15 bits per heavy atom. The Hall–Kier alpha value is -1.29. The fraction of sp³-hybridized carbons (Fsp3) is 0.200. The van der Waals surface area contributed by atoms with Gasteiger partial charge in [0.25, 0.3) is 0 Å². The first-order valence-corrected chi connectivity index (χ1v) is 6.86. The molecule has 0 unspecified atom stereocenters. The van der Waals surface area contributed by atoms with Gasteiger partial charge in [-0.1, -0.05) is 41.4 Å². The van der Waals surface area contributed by atoms with E-state index < -0.39 is 5.82 Å². The fourth-order valence-electron chi connectivity index (χ4n) is 1.83. The monoisotopic (exact) mass is 313 g/mol. The van der Waals surface area contributed by atoms with Crippen molar-refractivity contribution in [3.63, 3.8) is 0 Å². The largest absolute Gasteiger partial charge is 0.487 e. The molecule has 20 heavy (non-hydrogen) atoms. The molecule has 0 aliphatic rings. The van der Waals surface area contributed by atoms with Crippen LogP contribution in [0.2, 0.25) is 10.0 Å². The van der Waals surface area contributed by atoms with Crippen LogP contribution in [0.3, 0.4) is 0 Å². The lowest BCUT2D eigenvalue weighted by atomic mass is 10.2. The molecule has 0 saturated carbocycles. The lowest BCUT2D eigenvalue weighted by Crippen LogP contribution is -2.08. The fourth-order valence-corrected chi connectivity index (χ4v) is 2.20. The highest BCUT2D eigenvalue weighted by Crippen LogP contribution is 2.29. The number of hydrogen-bond donors (Lipinski definition) is 1. The van der Waals surface area contributed by atoms with Crippen molar-refractivity contribution in [2.75, 3.05) is 7.05 Å². The van der Waals surface area contributed by atoms with Gasteiger partial charge in [0.15, 0.2) is 0 Å². The van der Waals surface area contributed by atoms with E-state index in [9.17, 15) is 4.39 Å². The molecule has 2 rings (SSSR count). The Kier molecular flexibility index (Phi) is 5.24. The summed E-state index contributed by atoms with van der Waals surface area (Å²) in [5.41, 5.74) is 1.65. The lowest BCUT2D eigenvalue weighted by molar-refractivity contribution is 0.302. The molecule has 0 spiro atoms. The van der Waals surface area contributed by atoms with Gasteiger partial charge in [0.2, 0.25) is 0 Å². The summed E-state index contributed by atoms with van der Waals surface area (Å²) in [5.74, 6) is 0.154. The second-order valence-electron chi connectivity index (χ2n) is 4.30. The molecule has 2 nitrogen and oxygen atoms in total. The first-order chi connectivity index (χ1) is 9.61. The van der Waals surface area contributed by atoms with E-state index in [4.69, 9.17) is 27.9 Å². The summed E-state index contributed by atoms with van der Waals surface area (Å²) in [6.45, 7) is 0.874. The minimum Gasteiger partial charge on any atom is -0.487 e. The maximum Gasteiger partial charge on any atom is 0.142 e. The zero-order chi connectivity index (χ0) is 14.5. The smallest absolute Gasteiger partial charge is 0.142 e. The predicted octanol–water partition coefficient (Wildman–Crippen LogP) is 4.43. The molecule has 5 heteroatoms. The second-order valence-corrected chi connectivity index (χ2v) is 5.11. The second kappa shape index (κ2) is 6.93. The van der Waals surface area contributed by atoms with E-state index in [1.54, 1.807) is 12.1 Å².